The van der Waals surface area contributed by atoms with E-state index >= 15 is 0 Å². The van der Waals surface area contributed by atoms with Gasteiger partial charge in [-0.3, -0.25) is 19.4 Å². The molecule has 3 heterocycles. The lowest BCUT2D eigenvalue weighted by Gasteiger charge is -2.32. The van der Waals surface area contributed by atoms with Crippen LogP contribution in [0.3, 0.4) is 0 Å². The summed E-state index contributed by atoms with van der Waals surface area (Å²) in [6.45, 7) is 2.65. The van der Waals surface area contributed by atoms with Crippen LogP contribution in [0.5, 0.6) is 0 Å². The molecule has 5 nitrogen and oxygen atoms in total. The minimum absolute atomic E-state index is 0.241. The summed E-state index contributed by atoms with van der Waals surface area (Å²) in [5.74, 6) is 0.414. The number of aryl methyl sites for hydroxylation is 1. The minimum atomic E-state index is -0.333. The highest BCUT2D eigenvalue weighted by molar-refractivity contribution is 6.31. The van der Waals surface area contributed by atoms with E-state index in [4.69, 9.17) is 11.6 Å². The monoisotopic (exact) mass is 442 g/mol. The van der Waals surface area contributed by atoms with Crippen LogP contribution in [0.15, 0.2) is 53.6 Å². The first-order chi connectivity index (χ1) is 15.0. The van der Waals surface area contributed by atoms with Crippen molar-refractivity contribution in [1.82, 2.24) is 19.2 Å². The molecule has 1 fully saturated rings. The maximum absolute atomic E-state index is 13.3. The molecule has 0 saturated carbocycles. The molecule has 0 atom stereocenters. The number of piperidine rings is 1. The first-order valence-electron chi connectivity index (χ1n) is 10.9. The van der Waals surface area contributed by atoms with E-state index in [1.54, 1.807) is 16.8 Å². The van der Waals surface area contributed by atoms with Crippen molar-refractivity contribution in [3.8, 4) is 5.69 Å². The topological polar surface area (TPSA) is 43.1 Å². The molecule has 31 heavy (non-hydrogen) atoms. The van der Waals surface area contributed by atoms with Gasteiger partial charge in [0.05, 0.1) is 11.4 Å². The van der Waals surface area contributed by atoms with Crippen molar-refractivity contribution in [2.75, 3.05) is 13.1 Å². The molecule has 0 unspecified atom stereocenters. The van der Waals surface area contributed by atoms with Gasteiger partial charge in [0, 0.05) is 26.0 Å². The van der Waals surface area contributed by atoms with Gasteiger partial charge in [0.15, 0.2) is 0 Å². The van der Waals surface area contributed by atoms with E-state index in [1.807, 2.05) is 25.5 Å². The van der Waals surface area contributed by atoms with Crippen LogP contribution in [0.1, 0.15) is 36.9 Å². The molecule has 4 rings (SSSR count). The Kier molecular flexibility index (Phi) is 6.88. The molecule has 0 amide bonds. The number of rotatable bonds is 7. The molecular weight excluding hydrogens is 415 g/mol. The molecule has 3 aromatic rings. The zero-order chi connectivity index (χ0) is 21.8. The molecule has 1 saturated heterocycles. The Morgan fingerprint density at radius 3 is 2.58 bits per heavy atom. The second kappa shape index (κ2) is 9.79. The van der Waals surface area contributed by atoms with Gasteiger partial charge in [0.2, 0.25) is 0 Å². The van der Waals surface area contributed by atoms with Crippen molar-refractivity contribution in [2.24, 2.45) is 13.0 Å². The van der Waals surface area contributed by atoms with E-state index in [9.17, 15) is 9.18 Å². The van der Waals surface area contributed by atoms with Crippen LogP contribution in [-0.2, 0) is 20.0 Å². The molecule has 1 aromatic carbocycles. The van der Waals surface area contributed by atoms with Crippen LogP contribution >= 0.6 is 11.6 Å². The van der Waals surface area contributed by atoms with Crippen molar-refractivity contribution in [2.45, 2.75) is 38.6 Å². The quantitative estimate of drug-likeness (QED) is 0.537. The van der Waals surface area contributed by atoms with E-state index in [-0.39, 0.29) is 16.4 Å². The minimum Gasteiger partial charge on any atom is -0.297 e. The first kappa shape index (κ1) is 21.8. The number of benzene rings is 1. The third kappa shape index (κ3) is 5.08. The molecule has 0 bridgehead atoms. The highest BCUT2D eigenvalue weighted by atomic mass is 35.5. The van der Waals surface area contributed by atoms with E-state index in [0.717, 1.165) is 44.0 Å². The van der Waals surface area contributed by atoms with Gasteiger partial charge >= 0.3 is 0 Å². The Morgan fingerprint density at radius 2 is 1.90 bits per heavy atom. The second-order valence-corrected chi connectivity index (χ2v) is 8.73. The Bertz CT molecular complexity index is 1050. The van der Waals surface area contributed by atoms with Crippen LogP contribution in [0.4, 0.5) is 4.39 Å². The van der Waals surface area contributed by atoms with Crippen molar-refractivity contribution < 1.29 is 4.39 Å². The van der Waals surface area contributed by atoms with Gasteiger partial charge < -0.3 is 0 Å². The molecule has 7 heteroatoms. The Labute approximate surface area is 187 Å². The number of halogens is 2. The number of hydrogen-bond acceptors (Lipinski definition) is 3. The summed E-state index contributed by atoms with van der Waals surface area (Å²) in [7, 11) is 1.83. The summed E-state index contributed by atoms with van der Waals surface area (Å²) in [6, 6.07) is 10.0. The molecule has 0 aliphatic carbocycles. The zero-order valence-electron chi connectivity index (χ0n) is 17.8. The fourth-order valence-electron chi connectivity index (χ4n) is 4.45. The molecule has 164 valence electrons. The summed E-state index contributed by atoms with van der Waals surface area (Å²) >= 11 is 6.42. The maximum Gasteiger partial charge on any atom is 0.290 e. The van der Waals surface area contributed by atoms with Gasteiger partial charge in [-0.15, -0.1) is 0 Å². The molecular formula is C24H28ClFN4O. The summed E-state index contributed by atoms with van der Waals surface area (Å²) in [5.41, 5.74) is 2.44. The fraction of sp³-hybridized carbons (Fsp3) is 0.417. The van der Waals surface area contributed by atoms with E-state index in [1.165, 1.54) is 35.2 Å². The first-order valence-corrected chi connectivity index (χ1v) is 11.2. The van der Waals surface area contributed by atoms with E-state index in [2.05, 4.69) is 16.0 Å². The average Bonchev–Trinajstić information content (AvgIpc) is 2.99. The van der Waals surface area contributed by atoms with Crippen LogP contribution in [0.2, 0.25) is 5.02 Å². The smallest absolute Gasteiger partial charge is 0.290 e. The van der Waals surface area contributed by atoms with Gasteiger partial charge in [0.1, 0.15) is 10.8 Å². The fourth-order valence-corrected chi connectivity index (χ4v) is 4.71. The second-order valence-electron chi connectivity index (χ2n) is 8.35. The van der Waals surface area contributed by atoms with Crippen molar-refractivity contribution in [1.29, 1.82) is 0 Å². The summed E-state index contributed by atoms with van der Waals surface area (Å²) in [4.78, 5) is 19.3. The number of hydrogen-bond donors (Lipinski definition) is 0. The van der Waals surface area contributed by atoms with Gasteiger partial charge in [0.25, 0.3) is 5.56 Å². The third-order valence-electron chi connectivity index (χ3n) is 6.28. The number of pyridine rings is 1. The molecule has 1 aliphatic rings. The summed E-state index contributed by atoms with van der Waals surface area (Å²) < 4.78 is 16.6. The van der Waals surface area contributed by atoms with Crippen LogP contribution in [0, 0.1) is 11.7 Å². The highest BCUT2D eigenvalue weighted by Crippen LogP contribution is 2.25. The van der Waals surface area contributed by atoms with Crippen molar-refractivity contribution in [3.05, 3.63) is 81.2 Å². The van der Waals surface area contributed by atoms with E-state index < -0.39 is 0 Å². The summed E-state index contributed by atoms with van der Waals surface area (Å²) in [6.07, 6.45) is 9.61. The standard InChI is InChI=1S/C24H28ClFN4O/c1-28-22(23(25)24(31)30(28)21-9-7-20(26)8-10-21)17-29-14-11-18(12-15-29)4-2-5-19-6-3-13-27-16-19/h3,6-10,13,16,18H,2,4-5,11-12,14-15,17H2,1H3. The number of nitrogens with zero attached hydrogens (tertiary/aromatic N) is 4. The lowest BCUT2D eigenvalue weighted by molar-refractivity contribution is 0.167. The normalized spacial score (nSPS) is 15.5. The predicted octanol–water partition coefficient (Wildman–Crippen LogP) is 4.60. The van der Waals surface area contributed by atoms with Gasteiger partial charge in [-0.1, -0.05) is 24.1 Å². The Hall–Kier alpha value is -2.44. The van der Waals surface area contributed by atoms with Crippen LogP contribution in [0.25, 0.3) is 5.69 Å². The SMILES string of the molecule is Cn1c(CN2CCC(CCCc3cccnc3)CC2)c(Cl)c(=O)n1-c1ccc(F)cc1. The molecule has 0 N–H and O–H groups in total. The lowest BCUT2D eigenvalue weighted by Crippen LogP contribution is -2.34. The predicted molar refractivity (Wildman–Crippen MR) is 121 cm³/mol. The van der Waals surface area contributed by atoms with Gasteiger partial charge in [-0.2, -0.15) is 0 Å². The average molecular weight is 443 g/mol. The molecule has 0 radical (unpaired) electrons. The molecule has 0 spiro atoms. The Morgan fingerprint density at radius 1 is 1.16 bits per heavy atom. The van der Waals surface area contributed by atoms with E-state index in [0.29, 0.717) is 12.2 Å². The summed E-state index contributed by atoms with van der Waals surface area (Å²) in [5, 5.41) is 0.241. The molecule has 1 aliphatic heterocycles. The van der Waals surface area contributed by atoms with Crippen LogP contribution in [-0.4, -0.2) is 32.3 Å². The lowest BCUT2D eigenvalue weighted by atomic mass is 9.91. The van der Waals surface area contributed by atoms with Crippen molar-refractivity contribution >= 4 is 11.6 Å². The maximum atomic E-state index is 13.3. The largest absolute Gasteiger partial charge is 0.297 e. The van der Waals surface area contributed by atoms with Crippen molar-refractivity contribution in [3.63, 3.8) is 0 Å². The van der Waals surface area contributed by atoms with Crippen LogP contribution < -0.4 is 5.56 Å². The van der Waals surface area contributed by atoms with Gasteiger partial charge in [-0.05, 0) is 80.6 Å². The third-order valence-corrected chi connectivity index (χ3v) is 6.66. The highest BCUT2D eigenvalue weighted by Gasteiger charge is 2.23. The number of likely N-dealkylation sites (tertiary alicyclic amines) is 1. The number of aromatic nitrogens is 3. The molecule has 2 aromatic heterocycles. The zero-order valence-corrected chi connectivity index (χ0v) is 18.6. The van der Waals surface area contributed by atoms with Gasteiger partial charge in [-0.25, -0.2) is 9.07 Å². The Balaban J connectivity index is 1.34.